The van der Waals surface area contributed by atoms with Gasteiger partial charge in [0, 0.05) is 17.6 Å². The molecule has 8 heteroatoms. The lowest BCUT2D eigenvalue weighted by atomic mass is 10.1. The first kappa shape index (κ1) is 18.6. The Morgan fingerprint density at radius 1 is 1.00 bits per heavy atom. The fourth-order valence-electron chi connectivity index (χ4n) is 2.60. The fraction of sp³-hybridized carbons (Fsp3) is 0.500. The molecule has 0 aliphatic heterocycles. The third-order valence-electron chi connectivity index (χ3n) is 3.84. The second-order valence-electron chi connectivity index (χ2n) is 5.60. The summed E-state index contributed by atoms with van der Waals surface area (Å²) in [5.41, 5.74) is 1.75. The topological polar surface area (TPSA) is 102 Å². The summed E-state index contributed by atoms with van der Waals surface area (Å²) in [5.74, 6) is 1.27. The summed E-state index contributed by atoms with van der Waals surface area (Å²) in [4.78, 5) is 26.3. The lowest BCUT2D eigenvalue weighted by Crippen LogP contribution is -1.97. The minimum atomic E-state index is -3.87. The number of hydrogen-bond acceptors (Lipinski definition) is 5. The molecule has 0 unspecified atom stereocenters. The quantitative estimate of drug-likeness (QED) is 0.527. The Morgan fingerprint density at radius 3 is 2.33 bits per heavy atom. The molecule has 0 atom stereocenters. The van der Waals surface area contributed by atoms with E-state index in [9.17, 15) is 4.57 Å². The summed E-state index contributed by atoms with van der Waals surface area (Å²) < 4.78 is 21.4. The first-order chi connectivity index (χ1) is 11.4. The van der Waals surface area contributed by atoms with Gasteiger partial charge in [0.2, 0.25) is 0 Å². The van der Waals surface area contributed by atoms with Crippen molar-refractivity contribution in [3.05, 3.63) is 24.2 Å². The van der Waals surface area contributed by atoms with E-state index in [4.69, 9.17) is 19.3 Å². The van der Waals surface area contributed by atoms with Crippen molar-refractivity contribution < 1.29 is 23.8 Å². The summed E-state index contributed by atoms with van der Waals surface area (Å²) in [7, 11) is -0.690. The molecule has 2 N–H and O–H groups in total. The number of unbranched alkanes of at least 4 members (excludes halogenated alkanes) is 3. The van der Waals surface area contributed by atoms with Gasteiger partial charge in [0.15, 0.2) is 11.5 Å². The number of rotatable bonds is 9. The molecule has 0 saturated heterocycles. The van der Waals surface area contributed by atoms with Crippen molar-refractivity contribution in [2.75, 3.05) is 20.4 Å². The maximum absolute atomic E-state index is 10.8. The Hall–Kier alpha value is -1.69. The molecule has 2 aromatic rings. The molecule has 0 aliphatic carbocycles. The minimum Gasteiger partial charge on any atom is -0.493 e. The zero-order valence-corrected chi connectivity index (χ0v) is 14.8. The number of ether oxygens (including phenoxy) is 2. The van der Waals surface area contributed by atoms with Gasteiger partial charge in [-0.05, 0) is 25.3 Å². The largest absolute Gasteiger partial charge is 0.493 e. The molecule has 1 heterocycles. The van der Waals surface area contributed by atoms with Gasteiger partial charge in [-0.1, -0.05) is 12.8 Å². The highest BCUT2D eigenvalue weighted by Crippen LogP contribution is 2.35. The summed E-state index contributed by atoms with van der Waals surface area (Å²) in [6, 6.07) is 3.72. The second kappa shape index (κ2) is 8.42. The predicted octanol–water partition coefficient (Wildman–Crippen LogP) is 2.93. The molecule has 0 bridgehead atoms. The van der Waals surface area contributed by atoms with Gasteiger partial charge in [0.1, 0.15) is 6.33 Å². The van der Waals surface area contributed by atoms with Crippen LogP contribution in [-0.2, 0) is 11.0 Å². The number of nitrogens with zero attached hydrogens (tertiary/aromatic N) is 2. The molecule has 1 aromatic heterocycles. The van der Waals surface area contributed by atoms with Crippen LogP contribution < -0.4 is 9.47 Å². The maximum Gasteiger partial charge on any atom is 0.325 e. The number of fused-ring (bicyclic) bond motifs is 1. The van der Waals surface area contributed by atoms with E-state index in [1.807, 2.05) is 12.1 Å². The highest BCUT2D eigenvalue weighted by molar-refractivity contribution is 7.51. The van der Waals surface area contributed by atoms with Crippen LogP contribution in [0.25, 0.3) is 10.9 Å². The molecule has 0 fully saturated rings. The van der Waals surface area contributed by atoms with Crippen LogP contribution >= 0.6 is 7.60 Å². The maximum atomic E-state index is 10.8. The molecule has 0 amide bonds. The molecule has 24 heavy (non-hydrogen) atoms. The molecule has 7 nitrogen and oxygen atoms in total. The minimum absolute atomic E-state index is 0.0412. The normalized spacial score (nSPS) is 11.7. The molecule has 132 valence electrons. The van der Waals surface area contributed by atoms with E-state index in [1.165, 1.54) is 6.33 Å². The van der Waals surface area contributed by atoms with Gasteiger partial charge in [-0.3, -0.25) is 4.57 Å². The second-order valence-corrected chi connectivity index (χ2v) is 7.37. The van der Waals surface area contributed by atoms with Crippen molar-refractivity contribution >= 4 is 18.5 Å². The van der Waals surface area contributed by atoms with Gasteiger partial charge in [0.05, 0.1) is 25.4 Å². The Labute approximate surface area is 141 Å². The Balaban J connectivity index is 2.00. The Kier molecular flexibility index (Phi) is 6.54. The highest BCUT2D eigenvalue weighted by Gasteiger charge is 2.12. The lowest BCUT2D eigenvalue weighted by molar-refractivity contribution is 0.355. The number of aryl methyl sites for hydroxylation is 1. The van der Waals surface area contributed by atoms with Crippen LogP contribution in [0.15, 0.2) is 18.5 Å². The van der Waals surface area contributed by atoms with Crippen molar-refractivity contribution in [2.24, 2.45) is 0 Å². The van der Waals surface area contributed by atoms with Crippen LogP contribution in [0.4, 0.5) is 0 Å². The van der Waals surface area contributed by atoms with Crippen molar-refractivity contribution in [3.8, 4) is 11.5 Å². The molecule has 2 rings (SSSR count). The monoisotopic (exact) mass is 354 g/mol. The van der Waals surface area contributed by atoms with Crippen molar-refractivity contribution in [1.29, 1.82) is 0 Å². The van der Waals surface area contributed by atoms with E-state index < -0.39 is 7.60 Å². The molecule has 0 aliphatic rings. The average Bonchev–Trinajstić information content (AvgIpc) is 2.55. The number of aromatic nitrogens is 2. The molecule has 0 spiro atoms. The van der Waals surface area contributed by atoms with Gasteiger partial charge >= 0.3 is 7.60 Å². The number of hydrogen-bond donors (Lipinski definition) is 2. The molecule has 1 aromatic carbocycles. The zero-order chi connectivity index (χ0) is 17.6. The van der Waals surface area contributed by atoms with Crippen LogP contribution in [0.3, 0.4) is 0 Å². The lowest BCUT2D eigenvalue weighted by Gasteiger charge is -2.11. The van der Waals surface area contributed by atoms with E-state index in [2.05, 4.69) is 9.97 Å². The van der Waals surface area contributed by atoms with Crippen LogP contribution in [0.5, 0.6) is 11.5 Å². The molecular formula is C16H23N2O5P. The van der Waals surface area contributed by atoms with Gasteiger partial charge in [-0.15, -0.1) is 0 Å². The van der Waals surface area contributed by atoms with Crippen molar-refractivity contribution in [1.82, 2.24) is 9.97 Å². The van der Waals surface area contributed by atoms with Crippen molar-refractivity contribution in [2.45, 2.75) is 32.1 Å². The van der Waals surface area contributed by atoms with Crippen molar-refractivity contribution in [3.63, 3.8) is 0 Å². The smallest absolute Gasteiger partial charge is 0.325 e. The fourth-order valence-corrected chi connectivity index (χ4v) is 3.24. The average molecular weight is 354 g/mol. The summed E-state index contributed by atoms with van der Waals surface area (Å²) >= 11 is 0. The highest BCUT2D eigenvalue weighted by atomic mass is 31.2. The van der Waals surface area contributed by atoms with E-state index in [-0.39, 0.29) is 6.16 Å². The predicted molar refractivity (Wildman–Crippen MR) is 91.7 cm³/mol. The van der Waals surface area contributed by atoms with Crippen LogP contribution in [0.1, 0.15) is 31.4 Å². The third-order valence-corrected chi connectivity index (χ3v) is 4.73. The van der Waals surface area contributed by atoms with E-state index >= 15 is 0 Å². The van der Waals surface area contributed by atoms with E-state index in [1.54, 1.807) is 14.2 Å². The molecule has 0 saturated carbocycles. The Morgan fingerprint density at radius 2 is 1.67 bits per heavy atom. The van der Waals surface area contributed by atoms with E-state index in [0.717, 1.165) is 42.3 Å². The molecular weight excluding hydrogens is 331 g/mol. The van der Waals surface area contributed by atoms with Gasteiger partial charge < -0.3 is 19.3 Å². The SMILES string of the molecule is COc1cc2ncnc(CCCCCCP(=O)(O)O)c2cc1OC. The third kappa shape index (κ3) is 5.16. The first-order valence-electron chi connectivity index (χ1n) is 7.85. The van der Waals surface area contributed by atoms with Gasteiger partial charge in [0.25, 0.3) is 0 Å². The summed E-state index contributed by atoms with van der Waals surface area (Å²) in [6.45, 7) is 0. The van der Waals surface area contributed by atoms with E-state index in [0.29, 0.717) is 17.9 Å². The zero-order valence-electron chi connectivity index (χ0n) is 13.9. The van der Waals surface area contributed by atoms with Crippen LogP contribution in [0, 0.1) is 0 Å². The summed E-state index contributed by atoms with van der Waals surface area (Å²) in [5, 5.41) is 0.936. The number of methoxy groups -OCH3 is 2. The number of benzene rings is 1. The van der Waals surface area contributed by atoms with Crippen LogP contribution in [-0.4, -0.2) is 40.1 Å². The van der Waals surface area contributed by atoms with Gasteiger partial charge in [-0.25, -0.2) is 9.97 Å². The summed E-state index contributed by atoms with van der Waals surface area (Å²) in [6.07, 6.45) is 5.42. The van der Waals surface area contributed by atoms with Gasteiger partial charge in [-0.2, -0.15) is 0 Å². The molecule has 0 radical (unpaired) electrons. The standard InChI is InChI=1S/C16H23N2O5P/c1-22-15-9-12-13(7-5-3-4-6-8-24(19,20)21)17-11-18-14(12)10-16(15)23-2/h9-11H,3-8H2,1-2H3,(H2,19,20,21). The Bertz CT molecular complexity index is 732. The van der Waals surface area contributed by atoms with Crippen LogP contribution in [0.2, 0.25) is 0 Å². The first-order valence-corrected chi connectivity index (χ1v) is 9.64.